The number of amides is 1. The van der Waals surface area contributed by atoms with Gasteiger partial charge in [-0.15, -0.1) is 0 Å². The maximum atomic E-state index is 12.0. The summed E-state index contributed by atoms with van der Waals surface area (Å²) in [6.07, 6.45) is 2.19. The molecule has 19 heavy (non-hydrogen) atoms. The van der Waals surface area contributed by atoms with Gasteiger partial charge in [0.05, 0.1) is 12.1 Å². The van der Waals surface area contributed by atoms with Crippen molar-refractivity contribution in [3.05, 3.63) is 35.9 Å². The largest absolute Gasteiger partial charge is 0.392 e. The lowest BCUT2D eigenvalue weighted by molar-refractivity contribution is -0.124. The Morgan fingerprint density at radius 3 is 2.58 bits per heavy atom. The van der Waals surface area contributed by atoms with Gasteiger partial charge < -0.3 is 15.7 Å². The third-order valence-corrected chi connectivity index (χ3v) is 4.18. The van der Waals surface area contributed by atoms with Crippen LogP contribution < -0.4 is 10.6 Å². The summed E-state index contributed by atoms with van der Waals surface area (Å²) >= 11 is 0. The highest BCUT2D eigenvalue weighted by Gasteiger charge is 2.34. The molecule has 1 amide bonds. The Kier molecular flexibility index (Phi) is 3.53. The number of benzene rings is 1. The molecule has 3 N–H and O–H groups in total. The first-order valence-corrected chi connectivity index (χ1v) is 6.99. The molecule has 2 fully saturated rings. The van der Waals surface area contributed by atoms with Crippen LogP contribution >= 0.6 is 0 Å². The van der Waals surface area contributed by atoms with Gasteiger partial charge in [0.15, 0.2) is 0 Å². The molecule has 1 aromatic rings. The van der Waals surface area contributed by atoms with Crippen molar-refractivity contribution in [2.45, 2.75) is 43.4 Å². The molecule has 2 atom stereocenters. The predicted molar refractivity (Wildman–Crippen MR) is 72.8 cm³/mol. The summed E-state index contributed by atoms with van der Waals surface area (Å²) in [7, 11) is 0. The van der Waals surface area contributed by atoms with Crippen LogP contribution in [0, 0.1) is 0 Å². The molecule has 4 nitrogen and oxygen atoms in total. The molecule has 102 valence electrons. The molecule has 0 spiro atoms. The summed E-state index contributed by atoms with van der Waals surface area (Å²) in [4.78, 5) is 12.0. The van der Waals surface area contributed by atoms with Crippen molar-refractivity contribution in [1.29, 1.82) is 0 Å². The number of β-amino-alcohol motifs (C(OH)–C–C–N with tert-alkyl or cyclic N) is 1. The first kappa shape index (κ1) is 12.6. The fraction of sp³-hybridized carbons (Fsp3) is 0.533. The highest BCUT2D eigenvalue weighted by molar-refractivity contribution is 5.82. The minimum Gasteiger partial charge on any atom is -0.392 e. The van der Waals surface area contributed by atoms with E-state index in [-0.39, 0.29) is 24.1 Å². The minimum atomic E-state index is -0.380. The van der Waals surface area contributed by atoms with Crippen molar-refractivity contribution in [2.75, 3.05) is 6.54 Å². The van der Waals surface area contributed by atoms with Gasteiger partial charge in [-0.1, -0.05) is 30.3 Å². The second kappa shape index (κ2) is 5.31. The van der Waals surface area contributed by atoms with Crippen LogP contribution in [0.4, 0.5) is 0 Å². The maximum Gasteiger partial charge on any atom is 0.237 e. The highest BCUT2D eigenvalue weighted by Crippen LogP contribution is 2.36. The van der Waals surface area contributed by atoms with Crippen LogP contribution in [-0.4, -0.2) is 35.7 Å². The molecule has 3 rings (SSSR count). The molecule has 1 saturated heterocycles. The van der Waals surface area contributed by atoms with E-state index in [1.165, 1.54) is 5.56 Å². The van der Waals surface area contributed by atoms with Gasteiger partial charge in [-0.25, -0.2) is 0 Å². The lowest BCUT2D eigenvalue weighted by atomic mass is 9.76. The van der Waals surface area contributed by atoms with Gasteiger partial charge in [0, 0.05) is 12.6 Å². The van der Waals surface area contributed by atoms with E-state index in [1.54, 1.807) is 0 Å². The van der Waals surface area contributed by atoms with Gasteiger partial charge in [-0.05, 0) is 30.7 Å². The fourth-order valence-electron chi connectivity index (χ4n) is 2.95. The van der Waals surface area contributed by atoms with Crippen LogP contribution in [-0.2, 0) is 4.79 Å². The molecule has 1 saturated carbocycles. The van der Waals surface area contributed by atoms with Crippen molar-refractivity contribution >= 4 is 5.91 Å². The maximum absolute atomic E-state index is 12.0. The van der Waals surface area contributed by atoms with Crippen molar-refractivity contribution in [3.8, 4) is 0 Å². The normalized spacial score (nSPS) is 33.7. The number of carbonyl (C=O) groups is 1. The Morgan fingerprint density at radius 1 is 1.21 bits per heavy atom. The summed E-state index contributed by atoms with van der Waals surface area (Å²) in [5.41, 5.74) is 1.36. The lowest BCUT2D eigenvalue weighted by Gasteiger charge is -2.36. The topological polar surface area (TPSA) is 61.4 Å². The number of rotatable bonds is 3. The Balaban J connectivity index is 1.45. The van der Waals surface area contributed by atoms with E-state index in [4.69, 9.17) is 0 Å². The summed E-state index contributed by atoms with van der Waals surface area (Å²) in [5.74, 6) is 0.613. The molecule has 2 aliphatic rings. The first-order chi connectivity index (χ1) is 9.22. The molecule has 2 unspecified atom stereocenters. The first-order valence-electron chi connectivity index (χ1n) is 6.99. The zero-order valence-electron chi connectivity index (χ0n) is 10.9. The Morgan fingerprint density at radius 2 is 1.95 bits per heavy atom. The molecule has 1 aliphatic heterocycles. The summed E-state index contributed by atoms with van der Waals surface area (Å²) in [5, 5.41) is 15.5. The van der Waals surface area contributed by atoms with E-state index < -0.39 is 0 Å². The zero-order valence-corrected chi connectivity index (χ0v) is 10.9. The Bertz CT molecular complexity index is 443. The van der Waals surface area contributed by atoms with Crippen molar-refractivity contribution < 1.29 is 9.90 Å². The molecule has 1 aliphatic carbocycles. The second-order valence-corrected chi connectivity index (χ2v) is 5.63. The van der Waals surface area contributed by atoms with Crippen LogP contribution in [0.1, 0.15) is 30.7 Å². The molecule has 0 radical (unpaired) electrons. The predicted octanol–water partition coefficient (Wildman–Crippen LogP) is 0.772. The number of carbonyl (C=O) groups excluding carboxylic acids is 1. The Labute approximate surface area is 113 Å². The van der Waals surface area contributed by atoms with Crippen LogP contribution in [0.15, 0.2) is 30.3 Å². The average molecular weight is 260 g/mol. The van der Waals surface area contributed by atoms with Crippen molar-refractivity contribution in [2.24, 2.45) is 0 Å². The van der Waals surface area contributed by atoms with Crippen molar-refractivity contribution in [3.63, 3.8) is 0 Å². The van der Waals surface area contributed by atoms with E-state index in [2.05, 4.69) is 34.9 Å². The summed E-state index contributed by atoms with van der Waals surface area (Å²) < 4.78 is 0. The molecular weight excluding hydrogens is 240 g/mol. The molecule has 1 heterocycles. The average Bonchev–Trinajstić information content (AvgIpc) is 2.81. The van der Waals surface area contributed by atoms with Gasteiger partial charge >= 0.3 is 0 Å². The monoisotopic (exact) mass is 260 g/mol. The van der Waals surface area contributed by atoms with Gasteiger partial charge in [-0.3, -0.25) is 4.79 Å². The quantitative estimate of drug-likeness (QED) is 0.752. The number of aliphatic hydroxyl groups is 1. The van der Waals surface area contributed by atoms with E-state index in [0.29, 0.717) is 18.9 Å². The smallest absolute Gasteiger partial charge is 0.237 e. The summed E-state index contributed by atoms with van der Waals surface area (Å²) in [6, 6.07) is 10.5. The number of aliphatic hydroxyl groups excluding tert-OH is 1. The number of hydrogen-bond donors (Lipinski definition) is 3. The Hall–Kier alpha value is -1.39. The third-order valence-electron chi connectivity index (χ3n) is 4.18. The zero-order chi connectivity index (χ0) is 13.2. The minimum absolute atomic E-state index is 0.0352. The van der Waals surface area contributed by atoms with Crippen LogP contribution in [0.5, 0.6) is 0 Å². The lowest BCUT2D eigenvalue weighted by Crippen LogP contribution is -2.49. The second-order valence-electron chi connectivity index (χ2n) is 5.63. The highest BCUT2D eigenvalue weighted by atomic mass is 16.3. The van der Waals surface area contributed by atoms with Crippen LogP contribution in [0.3, 0.4) is 0 Å². The molecule has 4 heteroatoms. The van der Waals surface area contributed by atoms with Crippen LogP contribution in [0.25, 0.3) is 0 Å². The standard InChI is InChI=1S/C15H20N2O2/c18-13-8-14(16-9-13)15(19)17-12-6-11(7-12)10-4-2-1-3-5-10/h1-5,11-14,16,18H,6-9H2,(H,17,19). The van der Waals surface area contributed by atoms with E-state index in [9.17, 15) is 9.90 Å². The fourth-order valence-corrected chi connectivity index (χ4v) is 2.95. The number of hydrogen-bond acceptors (Lipinski definition) is 3. The SMILES string of the molecule is O=C(NC1CC(c2ccccc2)C1)C1CC(O)CN1. The van der Waals surface area contributed by atoms with Crippen molar-refractivity contribution in [1.82, 2.24) is 10.6 Å². The molecular formula is C15H20N2O2. The molecule has 0 bridgehead atoms. The van der Waals surface area contributed by atoms with Gasteiger partial charge in [-0.2, -0.15) is 0 Å². The van der Waals surface area contributed by atoms with E-state index in [0.717, 1.165) is 12.8 Å². The molecule has 1 aromatic carbocycles. The van der Waals surface area contributed by atoms with E-state index >= 15 is 0 Å². The van der Waals surface area contributed by atoms with Gasteiger partial charge in [0.25, 0.3) is 0 Å². The van der Waals surface area contributed by atoms with Gasteiger partial charge in [0.2, 0.25) is 5.91 Å². The molecule has 0 aromatic heterocycles. The van der Waals surface area contributed by atoms with E-state index in [1.807, 2.05) is 6.07 Å². The van der Waals surface area contributed by atoms with Crippen LogP contribution in [0.2, 0.25) is 0 Å². The summed E-state index contributed by atoms with van der Waals surface area (Å²) in [6.45, 7) is 0.523. The number of nitrogens with one attached hydrogen (secondary N) is 2. The van der Waals surface area contributed by atoms with Gasteiger partial charge in [0.1, 0.15) is 0 Å². The third kappa shape index (κ3) is 2.80.